The van der Waals surface area contributed by atoms with Gasteiger partial charge in [-0.15, -0.1) is 16.4 Å². The molecule has 2 rings (SSSR count). The molecule has 0 radical (unpaired) electrons. The SMILES string of the molecule is COP(=O)(OC)c1cnnc2ccsc12. The van der Waals surface area contributed by atoms with Gasteiger partial charge in [-0.3, -0.25) is 4.57 Å². The Kier molecular flexibility index (Phi) is 2.84. The summed E-state index contributed by atoms with van der Waals surface area (Å²) in [4.78, 5) is 0. The fourth-order valence-corrected chi connectivity index (χ4v) is 3.57. The number of rotatable bonds is 3. The maximum absolute atomic E-state index is 12.2. The summed E-state index contributed by atoms with van der Waals surface area (Å²) in [5, 5.41) is 10.0. The van der Waals surface area contributed by atoms with Crippen LogP contribution in [0, 0.1) is 0 Å². The van der Waals surface area contributed by atoms with E-state index in [1.54, 1.807) is 0 Å². The highest BCUT2D eigenvalue weighted by atomic mass is 32.1. The minimum Gasteiger partial charge on any atom is -0.308 e. The number of nitrogens with zero attached hydrogens (tertiary/aromatic N) is 2. The van der Waals surface area contributed by atoms with Crippen molar-refractivity contribution in [2.45, 2.75) is 0 Å². The highest BCUT2D eigenvalue weighted by Crippen LogP contribution is 2.46. The van der Waals surface area contributed by atoms with Crippen LogP contribution in [-0.2, 0) is 13.6 Å². The van der Waals surface area contributed by atoms with E-state index in [0.29, 0.717) is 10.8 Å². The number of fused-ring (bicyclic) bond motifs is 1. The van der Waals surface area contributed by atoms with E-state index in [2.05, 4.69) is 10.2 Å². The van der Waals surface area contributed by atoms with Crippen LogP contribution >= 0.6 is 18.9 Å². The standard InChI is InChI=1S/C8H9N2O3PS/c1-12-14(11,13-2)7-5-9-10-6-3-4-15-8(6)7/h3-5H,1-2H3. The summed E-state index contributed by atoms with van der Waals surface area (Å²) >= 11 is 1.44. The zero-order valence-electron chi connectivity index (χ0n) is 8.21. The summed E-state index contributed by atoms with van der Waals surface area (Å²) in [5.74, 6) is 0. The largest absolute Gasteiger partial charge is 0.363 e. The molecule has 2 aromatic heterocycles. The van der Waals surface area contributed by atoms with E-state index >= 15 is 0 Å². The summed E-state index contributed by atoms with van der Waals surface area (Å²) in [7, 11) is -0.535. The van der Waals surface area contributed by atoms with E-state index in [1.165, 1.54) is 31.8 Å². The second kappa shape index (κ2) is 3.98. The lowest BCUT2D eigenvalue weighted by Crippen LogP contribution is -2.09. The minimum absolute atomic E-state index is 0.465. The van der Waals surface area contributed by atoms with Crippen molar-refractivity contribution >= 4 is 34.5 Å². The third-order valence-electron chi connectivity index (χ3n) is 2.00. The zero-order chi connectivity index (χ0) is 10.9. The Balaban J connectivity index is 2.70. The van der Waals surface area contributed by atoms with Gasteiger partial charge in [0.15, 0.2) is 0 Å². The fraction of sp³-hybridized carbons (Fsp3) is 0.250. The van der Waals surface area contributed by atoms with Crippen molar-refractivity contribution in [2.75, 3.05) is 14.2 Å². The number of aromatic nitrogens is 2. The molecule has 15 heavy (non-hydrogen) atoms. The molecule has 0 amide bonds. The van der Waals surface area contributed by atoms with Crippen LogP contribution in [0.4, 0.5) is 0 Å². The smallest absolute Gasteiger partial charge is 0.308 e. The number of thiophene rings is 1. The molecule has 5 nitrogen and oxygen atoms in total. The Morgan fingerprint density at radius 3 is 2.80 bits per heavy atom. The number of hydrogen-bond donors (Lipinski definition) is 0. The van der Waals surface area contributed by atoms with Crippen LogP contribution in [0.3, 0.4) is 0 Å². The van der Waals surface area contributed by atoms with Gasteiger partial charge in [-0.05, 0) is 11.4 Å². The Morgan fingerprint density at radius 1 is 1.40 bits per heavy atom. The molecule has 0 atom stereocenters. The van der Waals surface area contributed by atoms with Gasteiger partial charge in [-0.1, -0.05) is 0 Å². The molecule has 0 unspecified atom stereocenters. The van der Waals surface area contributed by atoms with Gasteiger partial charge in [0.2, 0.25) is 0 Å². The fourth-order valence-electron chi connectivity index (χ4n) is 1.24. The first-order valence-corrected chi connectivity index (χ1v) is 6.54. The molecule has 0 spiro atoms. The summed E-state index contributed by atoms with van der Waals surface area (Å²) in [6.45, 7) is 0. The van der Waals surface area contributed by atoms with Crippen molar-refractivity contribution in [2.24, 2.45) is 0 Å². The molecule has 80 valence electrons. The molecule has 2 aromatic rings. The minimum atomic E-state index is -3.24. The normalized spacial score (nSPS) is 12.1. The molecule has 0 aromatic carbocycles. The van der Waals surface area contributed by atoms with Crippen LogP contribution in [-0.4, -0.2) is 24.4 Å². The lowest BCUT2D eigenvalue weighted by Gasteiger charge is -2.13. The topological polar surface area (TPSA) is 61.3 Å². The van der Waals surface area contributed by atoms with Crippen LogP contribution in [0.15, 0.2) is 17.6 Å². The van der Waals surface area contributed by atoms with Crippen molar-refractivity contribution in [3.63, 3.8) is 0 Å². The molecule has 2 heterocycles. The maximum atomic E-state index is 12.2. The van der Waals surface area contributed by atoms with Crippen LogP contribution in [0.5, 0.6) is 0 Å². The summed E-state index contributed by atoms with van der Waals surface area (Å²) in [5.41, 5.74) is 0.701. The second-order valence-corrected chi connectivity index (χ2v) is 5.85. The first kappa shape index (κ1) is 10.7. The quantitative estimate of drug-likeness (QED) is 0.770. The highest BCUT2D eigenvalue weighted by molar-refractivity contribution is 7.63. The maximum Gasteiger partial charge on any atom is 0.363 e. The predicted octanol–water partition coefficient (Wildman–Crippen LogP) is 1.80. The third-order valence-corrected chi connectivity index (χ3v) is 4.98. The van der Waals surface area contributed by atoms with Crippen molar-refractivity contribution in [3.05, 3.63) is 17.6 Å². The highest BCUT2D eigenvalue weighted by Gasteiger charge is 2.28. The van der Waals surface area contributed by atoms with E-state index in [4.69, 9.17) is 9.05 Å². The molecule has 0 bridgehead atoms. The molecule has 0 N–H and O–H groups in total. The van der Waals surface area contributed by atoms with Gasteiger partial charge in [0.25, 0.3) is 0 Å². The van der Waals surface area contributed by atoms with Gasteiger partial charge in [-0.2, -0.15) is 5.10 Å². The van der Waals surface area contributed by atoms with E-state index in [0.717, 1.165) is 4.70 Å². The van der Waals surface area contributed by atoms with E-state index in [-0.39, 0.29) is 0 Å². The first-order chi connectivity index (χ1) is 7.21. The molecule has 0 fully saturated rings. The van der Waals surface area contributed by atoms with Crippen molar-refractivity contribution in [3.8, 4) is 0 Å². The van der Waals surface area contributed by atoms with Gasteiger partial charge < -0.3 is 9.05 Å². The molecule has 0 aliphatic rings. The molecular formula is C8H9N2O3PS. The monoisotopic (exact) mass is 244 g/mol. The average Bonchev–Trinajstić information content (AvgIpc) is 2.75. The summed E-state index contributed by atoms with van der Waals surface area (Å²) in [6.07, 6.45) is 1.42. The molecular weight excluding hydrogens is 235 g/mol. The molecule has 0 saturated carbocycles. The van der Waals surface area contributed by atoms with E-state index in [1.807, 2.05) is 11.4 Å². The van der Waals surface area contributed by atoms with Crippen molar-refractivity contribution < 1.29 is 13.6 Å². The van der Waals surface area contributed by atoms with Crippen LogP contribution in [0.25, 0.3) is 10.2 Å². The Hall–Kier alpha value is -0.810. The lowest BCUT2D eigenvalue weighted by molar-refractivity contribution is 0.287. The van der Waals surface area contributed by atoms with Gasteiger partial charge >= 0.3 is 7.60 Å². The van der Waals surface area contributed by atoms with Crippen molar-refractivity contribution in [1.82, 2.24) is 10.2 Å². The summed E-state index contributed by atoms with van der Waals surface area (Å²) < 4.78 is 22.8. The average molecular weight is 244 g/mol. The Labute approximate surface area is 90.6 Å². The van der Waals surface area contributed by atoms with E-state index in [9.17, 15) is 4.57 Å². The van der Waals surface area contributed by atoms with Gasteiger partial charge in [0.1, 0.15) is 10.8 Å². The number of hydrogen-bond acceptors (Lipinski definition) is 6. The third kappa shape index (κ3) is 1.70. The Bertz CT molecular complexity index is 519. The van der Waals surface area contributed by atoms with Crippen molar-refractivity contribution in [1.29, 1.82) is 0 Å². The molecule has 0 aliphatic heterocycles. The first-order valence-electron chi connectivity index (χ1n) is 4.12. The van der Waals surface area contributed by atoms with Gasteiger partial charge in [0, 0.05) is 14.2 Å². The zero-order valence-corrected chi connectivity index (χ0v) is 9.92. The predicted molar refractivity (Wildman–Crippen MR) is 58.7 cm³/mol. The van der Waals surface area contributed by atoms with Crippen LogP contribution < -0.4 is 5.30 Å². The van der Waals surface area contributed by atoms with Crippen LogP contribution in [0.1, 0.15) is 0 Å². The second-order valence-electron chi connectivity index (χ2n) is 2.73. The van der Waals surface area contributed by atoms with Gasteiger partial charge in [0.05, 0.1) is 10.9 Å². The Morgan fingerprint density at radius 2 is 2.13 bits per heavy atom. The summed E-state index contributed by atoms with van der Waals surface area (Å²) in [6, 6.07) is 1.81. The van der Waals surface area contributed by atoms with Gasteiger partial charge in [-0.25, -0.2) is 0 Å². The molecule has 0 saturated heterocycles. The van der Waals surface area contributed by atoms with E-state index < -0.39 is 7.60 Å². The lowest BCUT2D eigenvalue weighted by atomic mass is 10.4. The van der Waals surface area contributed by atoms with Crippen LogP contribution in [0.2, 0.25) is 0 Å². The molecule has 0 aliphatic carbocycles. The molecule has 7 heteroatoms.